The molecule has 0 atom stereocenters. The van der Waals surface area contributed by atoms with Crippen LogP contribution in [-0.4, -0.2) is 0 Å². The van der Waals surface area contributed by atoms with Crippen molar-refractivity contribution in [2.75, 3.05) is 5.73 Å². The molecule has 94 valence electrons. The van der Waals surface area contributed by atoms with Crippen LogP contribution in [0.15, 0.2) is 46.9 Å². The number of aryl methyl sites for hydroxylation is 1. The molecule has 0 fully saturated rings. The van der Waals surface area contributed by atoms with Gasteiger partial charge in [0.2, 0.25) is 0 Å². The van der Waals surface area contributed by atoms with Crippen LogP contribution < -0.4 is 10.5 Å². The highest BCUT2D eigenvalue weighted by Gasteiger charge is 2.02. The number of anilines is 1. The zero-order valence-corrected chi connectivity index (χ0v) is 11.9. The summed E-state index contributed by atoms with van der Waals surface area (Å²) in [7, 11) is 0. The largest absolute Gasteiger partial charge is 0.455 e. The summed E-state index contributed by atoms with van der Waals surface area (Å²) in [5, 5.41) is 0. The van der Waals surface area contributed by atoms with E-state index in [2.05, 4.69) is 35.0 Å². The topological polar surface area (TPSA) is 35.2 Å². The van der Waals surface area contributed by atoms with Crippen LogP contribution in [0.3, 0.4) is 0 Å². The first-order valence-corrected chi connectivity index (χ1v) is 6.80. The molecule has 0 saturated carbocycles. The van der Waals surface area contributed by atoms with Gasteiger partial charge in [-0.25, -0.2) is 0 Å². The summed E-state index contributed by atoms with van der Waals surface area (Å²) < 4.78 is 6.70. The fourth-order valence-electron chi connectivity index (χ4n) is 1.75. The molecule has 0 aliphatic heterocycles. The van der Waals surface area contributed by atoms with Crippen LogP contribution in [0.25, 0.3) is 0 Å². The third-order valence-electron chi connectivity index (χ3n) is 2.66. The van der Waals surface area contributed by atoms with Crippen molar-refractivity contribution in [1.82, 2.24) is 0 Å². The van der Waals surface area contributed by atoms with Crippen molar-refractivity contribution < 1.29 is 4.74 Å². The molecule has 0 amide bonds. The fourth-order valence-corrected chi connectivity index (χ4v) is 2.13. The summed E-state index contributed by atoms with van der Waals surface area (Å²) in [6.07, 6.45) is 2.25. The quantitative estimate of drug-likeness (QED) is 0.825. The molecule has 2 nitrogen and oxygen atoms in total. The van der Waals surface area contributed by atoms with Crippen molar-refractivity contribution in [3.05, 3.63) is 52.5 Å². The summed E-state index contributed by atoms with van der Waals surface area (Å²) in [5.41, 5.74) is 7.85. The lowest BCUT2D eigenvalue weighted by atomic mass is 10.1. The van der Waals surface area contributed by atoms with Crippen LogP contribution >= 0.6 is 15.9 Å². The Balaban J connectivity index is 2.13. The molecule has 2 rings (SSSR count). The number of ether oxygens (including phenoxy) is 1. The Bertz CT molecular complexity index is 523. The smallest absolute Gasteiger partial charge is 0.150 e. The van der Waals surface area contributed by atoms with E-state index in [1.54, 1.807) is 0 Å². The first-order chi connectivity index (χ1) is 8.69. The predicted molar refractivity (Wildman–Crippen MR) is 79.1 cm³/mol. The van der Waals surface area contributed by atoms with Crippen LogP contribution in [0.5, 0.6) is 11.5 Å². The summed E-state index contributed by atoms with van der Waals surface area (Å²) in [4.78, 5) is 0. The van der Waals surface area contributed by atoms with Crippen molar-refractivity contribution in [3.8, 4) is 11.5 Å². The molecule has 0 bridgehead atoms. The summed E-state index contributed by atoms with van der Waals surface area (Å²) in [6, 6.07) is 13.7. The zero-order valence-electron chi connectivity index (χ0n) is 10.3. The minimum Gasteiger partial charge on any atom is -0.455 e. The maximum atomic E-state index is 5.89. The maximum absolute atomic E-state index is 5.89. The van der Waals surface area contributed by atoms with Crippen molar-refractivity contribution >= 4 is 21.6 Å². The summed E-state index contributed by atoms with van der Waals surface area (Å²) in [6.45, 7) is 2.17. The molecule has 0 unspecified atom stereocenters. The average molecular weight is 306 g/mol. The lowest BCUT2D eigenvalue weighted by Crippen LogP contribution is -1.92. The molecule has 0 spiro atoms. The molecule has 0 aliphatic carbocycles. The number of halogens is 1. The van der Waals surface area contributed by atoms with Gasteiger partial charge in [-0.1, -0.05) is 41.4 Å². The molecule has 2 aromatic carbocycles. The van der Waals surface area contributed by atoms with E-state index in [1.165, 1.54) is 5.56 Å². The van der Waals surface area contributed by atoms with Crippen molar-refractivity contribution in [3.63, 3.8) is 0 Å². The molecule has 2 N–H and O–H groups in total. The third kappa shape index (κ3) is 3.26. The summed E-state index contributed by atoms with van der Waals surface area (Å²) >= 11 is 3.37. The second kappa shape index (κ2) is 5.91. The minimum absolute atomic E-state index is 0.627. The van der Waals surface area contributed by atoms with Crippen LogP contribution in [0.1, 0.15) is 18.9 Å². The molecule has 0 saturated heterocycles. The Morgan fingerprint density at radius 1 is 1.11 bits per heavy atom. The number of rotatable bonds is 4. The number of nitrogens with two attached hydrogens (primary N) is 1. The number of nitrogen functional groups attached to an aromatic ring is 1. The zero-order chi connectivity index (χ0) is 13.0. The highest BCUT2D eigenvalue weighted by atomic mass is 79.9. The van der Waals surface area contributed by atoms with Gasteiger partial charge in [0.1, 0.15) is 11.5 Å². The van der Waals surface area contributed by atoms with Gasteiger partial charge >= 0.3 is 0 Å². The molecular weight excluding hydrogens is 290 g/mol. The monoisotopic (exact) mass is 305 g/mol. The van der Waals surface area contributed by atoms with E-state index in [-0.39, 0.29) is 0 Å². The Labute approximate surface area is 116 Å². The highest BCUT2D eigenvalue weighted by molar-refractivity contribution is 9.10. The lowest BCUT2D eigenvalue weighted by molar-refractivity contribution is 0.484. The van der Waals surface area contributed by atoms with Crippen LogP contribution in [-0.2, 0) is 6.42 Å². The average Bonchev–Trinajstić information content (AvgIpc) is 2.35. The van der Waals surface area contributed by atoms with E-state index in [0.29, 0.717) is 11.4 Å². The van der Waals surface area contributed by atoms with E-state index in [9.17, 15) is 0 Å². The maximum Gasteiger partial charge on any atom is 0.150 e. The number of hydrogen-bond donors (Lipinski definition) is 1. The fraction of sp³-hybridized carbons (Fsp3) is 0.200. The molecule has 2 aromatic rings. The number of hydrogen-bond acceptors (Lipinski definition) is 2. The van der Waals surface area contributed by atoms with Gasteiger partial charge in [0.25, 0.3) is 0 Å². The van der Waals surface area contributed by atoms with E-state index < -0.39 is 0 Å². The minimum atomic E-state index is 0.627. The predicted octanol–water partition coefficient (Wildman–Crippen LogP) is 4.78. The van der Waals surface area contributed by atoms with Crippen molar-refractivity contribution in [2.24, 2.45) is 0 Å². The van der Waals surface area contributed by atoms with E-state index >= 15 is 0 Å². The highest BCUT2D eigenvalue weighted by Crippen LogP contribution is 2.29. The van der Waals surface area contributed by atoms with Crippen LogP contribution in [0.4, 0.5) is 5.69 Å². The van der Waals surface area contributed by atoms with Crippen molar-refractivity contribution in [1.29, 1.82) is 0 Å². The second-order valence-electron chi connectivity index (χ2n) is 4.18. The molecule has 0 aliphatic rings. The second-order valence-corrected chi connectivity index (χ2v) is 5.09. The summed E-state index contributed by atoms with van der Waals surface area (Å²) in [5.74, 6) is 1.49. The molecule has 3 heteroatoms. The first kappa shape index (κ1) is 13.0. The van der Waals surface area contributed by atoms with Gasteiger partial charge in [-0.15, -0.1) is 0 Å². The van der Waals surface area contributed by atoms with Gasteiger partial charge in [-0.2, -0.15) is 0 Å². The Kier molecular flexibility index (Phi) is 4.26. The molecule has 0 heterocycles. The number of benzene rings is 2. The normalized spacial score (nSPS) is 10.3. The van der Waals surface area contributed by atoms with Gasteiger partial charge in [0, 0.05) is 4.47 Å². The molecule has 0 aromatic heterocycles. The Morgan fingerprint density at radius 2 is 1.83 bits per heavy atom. The van der Waals surface area contributed by atoms with Gasteiger partial charge < -0.3 is 10.5 Å². The van der Waals surface area contributed by atoms with Gasteiger partial charge in [0.15, 0.2) is 0 Å². The SMILES string of the molecule is CCCc1ccc(Oc2ccc(Br)cc2N)cc1. The standard InChI is InChI=1S/C15H16BrNO/c1-2-3-11-4-7-13(8-5-11)18-15-9-6-12(16)10-14(15)17/h4-10H,2-3,17H2,1H3. The Hall–Kier alpha value is -1.48. The third-order valence-corrected chi connectivity index (χ3v) is 3.15. The van der Waals surface area contributed by atoms with Crippen LogP contribution in [0, 0.1) is 0 Å². The van der Waals surface area contributed by atoms with Crippen LogP contribution in [0.2, 0.25) is 0 Å². The van der Waals surface area contributed by atoms with Gasteiger partial charge in [0.05, 0.1) is 5.69 Å². The van der Waals surface area contributed by atoms with E-state index in [0.717, 1.165) is 23.1 Å². The van der Waals surface area contributed by atoms with Crippen molar-refractivity contribution in [2.45, 2.75) is 19.8 Å². The van der Waals surface area contributed by atoms with E-state index in [4.69, 9.17) is 10.5 Å². The Morgan fingerprint density at radius 3 is 2.44 bits per heavy atom. The lowest BCUT2D eigenvalue weighted by Gasteiger charge is -2.09. The van der Waals surface area contributed by atoms with Gasteiger partial charge in [-0.05, 0) is 42.3 Å². The molecular formula is C15H16BrNO. The van der Waals surface area contributed by atoms with E-state index in [1.807, 2.05) is 30.3 Å². The molecule has 0 radical (unpaired) electrons. The van der Waals surface area contributed by atoms with Gasteiger partial charge in [-0.3, -0.25) is 0 Å². The molecule has 18 heavy (non-hydrogen) atoms. The first-order valence-electron chi connectivity index (χ1n) is 6.01.